The minimum Gasteiger partial charge on any atom is -0.454 e. The fourth-order valence-electron chi connectivity index (χ4n) is 3.15. The highest BCUT2D eigenvalue weighted by Crippen LogP contribution is 2.36. The molecule has 5 rings (SSSR count). The molecule has 0 spiro atoms. The first-order valence-corrected chi connectivity index (χ1v) is 8.16. The van der Waals surface area contributed by atoms with Crippen LogP contribution in [0.25, 0.3) is 11.4 Å². The van der Waals surface area contributed by atoms with Gasteiger partial charge in [0, 0.05) is 11.6 Å². The zero-order chi connectivity index (χ0) is 16.6. The first-order valence-electron chi connectivity index (χ1n) is 8.16. The van der Waals surface area contributed by atoms with E-state index in [9.17, 15) is 0 Å². The minimum absolute atomic E-state index is 0.0273. The smallest absolute Gasteiger partial charge is 0.245 e. The highest BCUT2D eigenvalue weighted by Gasteiger charge is 2.30. The maximum Gasteiger partial charge on any atom is 0.245 e. The summed E-state index contributed by atoms with van der Waals surface area (Å²) in [7, 11) is 0. The Hall–Kier alpha value is -2.90. The Morgan fingerprint density at radius 2 is 1.76 bits per heavy atom. The van der Waals surface area contributed by atoms with E-state index in [2.05, 4.69) is 33.1 Å². The van der Waals surface area contributed by atoms with Crippen LogP contribution in [0.2, 0.25) is 0 Å². The average molecular weight is 336 g/mol. The number of ether oxygens (including phenoxy) is 2. The van der Waals surface area contributed by atoms with E-state index in [-0.39, 0.29) is 18.9 Å². The molecular formula is C18H16N4O3. The summed E-state index contributed by atoms with van der Waals surface area (Å²) in [6.45, 7) is 0.245. The van der Waals surface area contributed by atoms with Crippen molar-refractivity contribution < 1.29 is 14.0 Å². The van der Waals surface area contributed by atoms with Crippen molar-refractivity contribution in [3.05, 3.63) is 60.0 Å². The molecule has 2 unspecified atom stereocenters. The fraction of sp³-hybridized carbons (Fsp3) is 0.222. The molecule has 2 atom stereocenters. The summed E-state index contributed by atoms with van der Waals surface area (Å²) in [5.41, 5.74) is 8.59. The predicted octanol–water partition coefficient (Wildman–Crippen LogP) is 2.75. The normalized spacial score (nSPS) is 21.6. The number of hydrogen-bond donors (Lipinski definition) is 2. The number of aromatic nitrogens is 2. The third kappa shape index (κ3) is 2.63. The first-order chi connectivity index (χ1) is 12.4. The lowest BCUT2D eigenvalue weighted by molar-refractivity contribution is 0.174. The second-order valence-electron chi connectivity index (χ2n) is 6.06. The highest BCUT2D eigenvalue weighted by molar-refractivity contribution is 5.61. The molecule has 2 aromatic carbocycles. The Morgan fingerprint density at radius 1 is 0.920 bits per heavy atom. The van der Waals surface area contributed by atoms with Gasteiger partial charge in [-0.1, -0.05) is 35.5 Å². The topological polar surface area (TPSA) is 81.4 Å². The van der Waals surface area contributed by atoms with Crippen LogP contribution in [0, 0.1) is 0 Å². The Morgan fingerprint density at radius 3 is 2.68 bits per heavy atom. The van der Waals surface area contributed by atoms with Crippen molar-refractivity contribution >= 4 is 0 Å². The number of hydrogen-bond acceptors (Lipinski definition) is 7. The Bertz CT molecular complexity index is 896. The van der Waals surface area contributed by atoms with E-state index in [0.29, 0.717) is 17.5 Å². The van der Waals surface area contributed by atoms with Crippen molar-refractivity contribution in [2.45, 2.75) is 18.5 Å². The minimum atomic E-state index is -0.0273. The fourth-order valence-corrected chi connectivity index (χ4v) is 3.15. The second kappa shape index (κ2) is 5.87. The van der Waals surface area contributed by atoms with Crippen LogP contribution in [0.15, 0.2) is 53.1 Å². The Kier molecular flexibility index (Phi) is 3.39. The average Bonchev–Trinajstić information content (AvgIpc) is 3.40. The van der Waals surface area contributed by atoms with Gasteiger partial charge in [-0.15, -0.1) is 0 Å². The maximum atomic E-state index is 5.47. The van der Waals surface area contributed by atoms with Crippen molar-refractivity contribution in [2.24, 2.45) is 0 Å². The molecule has 0 radical (unpaired) electrons. The molecule has 7 nitrogen and oxygen atoms in total. The van der Waals surface area contributed by atoms with Gasteiger partial charge in [-0.25, -0.2) is 10.9 Å². The van der Waals surface area contributed by atoms with E-state index in [4.69, 9.17) is 14.0 Å². The van der Waals surface area contributed by atoms with Gasteiger partial charge in [-0.2, -0.15) is 4.98 Å². The molecule has 126 valence electrons. The molecule has 3 aromatic rings. The second-order valence-corrected chi connectivity index (χ2v) is 6.06. The van der Waals surface area contributed by atoms with E-state index < -0.39 is 0 Å². The van der Waals surface area contributed by atoms with Crippen molar-refractivity contribution in [3.8, 4) is 22.9 Å². The van der Waals surface area contributed by atoms with Crippen LogP contribution in [0.4, 0.5) is 0 Å². The quantitative estimate of drug-likeness (QED) is 0.761. The molecule has 2 N–H and O–H groups in total. The molecule has 1 saturated heterocycles. The number of hydrazine groups is 1. The Labute approximate surface area is 143 Å². The summed E-state index contributed by atoms with van der Waals surface area (Å²) in [4.78, 5) is 4.54. The molecule has 25 heavy (non-hydrogen) atoms. The van der Waals surface area contributed by atoms with Crippen LogP contribution in [0.5, 0.6) is 11.5 Å². The number of fused-ring (bicyclic) bond motifs is 1. The van der Waals surface area contributed by atoms with E-state index in [1.165, 1.54) is 5.56 Å². The van der Waals surface area contributed by atoms with Crippen molar-refractivity contribution in [1.82, 2.24) is 21.0 Å². The predicted molar refractivity (Wildman–Crippen MR) is 88.7 cm³/mol. The van der Waals surface area contributed by atoms with Gasteiger partial charge in [-0.3, -0.25) is 0 Å². The van der Waals surface area contributed by atoms with Crippen molar-refractivity contribution in [1.29, 1.82) is 0 Å². The van der Waals surface area contributed by atoms with E-state index >= 15 is 0 Å². The zero-order valence-corrected chi connectivity index (χ0v) is 13.3. The van der Waals surface area contributed by atoms with Crippen LogP contribution < -0.4 is 20.3 Å². The maximum absolute atomic E-state index is 5.47. The third-order valence-corrected chi connectivity index (χ3v) is 4.48. The van der Waals surface area contributed by atoms with Crippen LogP contribution >= 0.6 is 0 Å². The Balaban J connectivity index is 1.35. The van der Waals surface area contributed by atoms with Gasteiger partial charge < -0.3 is 14.0 Å². The van der Waals surface area contributed by atoms with Gasteiger partial charge in [-0.05, 0) is 30.2 Å². The molecule has 7 heteroatoms. The number of benzene rings is 2. The molecule has 3 heterocycles. The molecule has 1 aromatic heterocycles. The van der Waals surface area contributed by atoms with Crippen LogP contribution in [0.3, 0.4) is 0 Å². The van der Waals surface area contributed by atoms with Gasteiger partial charge in [0.15, 0.2) is 11.5 Å². The molecule has 0 bridgehead atoms. The number of nitrogens with one attached hydrogen (secondary N) is 2. The summed E-state index contributed by atoms with van der Waals surface area (Å²) in [6.07, 6.45) is 0.840. The van der Waals surface area contributed by atoms with Crippen LogP contribution in [-0.2, 0) is 0 Å². The molecule has 2 aliphatic heterocycles. The summed E-state index contributed by atoms with van der Waals surface area (Å²) < 4.78 is 16.2. The van der Waals surface area contributed by atoms with Gasteiger partial charge in [0.05, 0.1) is 0 Å². The number of rotatable bonds is 3. The first kappa shape index (κ1) is 14.4. The van der Waals surface area contributed by atoms with Crippen LogP contribution in [0.1, 0.15) is 30.0 Å². The van der Waals surface area contributed by atoms with Gasteiger partial charge in [0.25, 0.3) is 0 Å². The molecular weight excluding hydrogens is 320 g/mol. The molecule has 0 saturated carbocycles. The third-order valence-electron chi connectivity index (χ3n) is 4.48. The lowest BCUT2D eigenvalue weighted by atomic mass is 10.0. The van der Waals surface area contributed by atoms with Crippen molar-refractivity contribution in [3.63, 3.8) is 0 Å². The summed E-state index contributed by atoms with van der Waals surface area (Å²) in [6, 6.07) is 16.1. The lowest BCUT2D eigenvalue weighted by Crippen LogP contribution is -2.26. The lowest BCUT2D eigenvalue weighted by Gasteiger charge is -2.08. The van der Waals surface area contributed by atoms with Gasteiger partial charge in [0.1, 0.15) is 6.04 Å². The summed E-state index contributed by atoms with van der Waals surface area (Å²) in [5.74, 6) is 2.55. The zero-order valence-electron chi connectivity index (χ0n) is 13.3. The monoisotopic (exact) mass is 336 g/mol. The van der Waals surface area contributed by atoms with E-state index in [1.807, 2.05) is 36.4 Å². The van der Waals surface area contributed by atoms with E-state index in [0.717, 1.165) is 17.7 Å². The largest absolute Gasteiger partial charge is 0.454 e. The molecule has 0 amide bonds. The highest BCUT2D eigenvalue weighted by atomic mass is 16.7. The SMILES string of the molecule is c1ccc(C2CC(c3nc(-c4ccc5c(c4)OCO5)no3)NN2)cc1. The molecule has 1 fully saturated rings. The summed E-state index contributed by atoms with van der Waals surface area (Å²) >= 11 is 0. The summed E-state index contributed by atoms with van der Waals surface area (Å²) in [5, 5.41) is 4.10. The van der Waals surface area contributed by atoms with E-state index in [1.54, 1.807) is 0 Å². The standard InChI is InChI=1S/C18H16N4O3/c1-2-4-11(5-3-1)13-9-14(21-20-13)18-19-17(22-25-18)12-6-7-15-16(8-12)24-10-23-15/h1-8,13-14,20-21H,9-10H2. The van der Waals surface area contributed by atoms with Gasteiger partial charge in [0.2, 0.25) is 18.5 Å². The molecule has 0 aliphatic carbocycles. The molecule has 2 aliphatic rings. The van der Waals surface area contributed by atoms with Crippen LogP contribution in [-0.4, -0.2) is 16.9 Å². The number of nitrogens with zero attached hydrogens (tertiary/aromatic N) is 2. The van der Waals surface area contributed by atoms with Crippen molar-refractivity contribution in [2.75, 3.05) is 6.79 Å². The van der Waals surface area contributed by atoms with Gasteiger partial charge >= 0.3 is 0 Å².